The monoisotopic (exact) mass is 440 g/mol. The SMILES string of the molecule is COc1cc2c(cc1C)C=CN1C(=O)C3=C4c5cc(CO)c(CO)cc5C=CN4C(=O)C3=C21. The summed E-state index contributed by atoms with van der Waals surface area (Å²) in [5.41, 5.74) is 7.04. The zero-order valence-corrected chi connectivity index (χ0v) is 18.0. The maximum absolute atomic E-state index is 13.6. The molecule has 4 aliphatic rings. The molecule has 0 bridgehead atoms. The van der Waals surface area contributed by atoms with E-state index >= 15 is 0 Å². The molecule has 2 N–H and O–H groups in total. The van der Waals surface area contributed by atoms with Crippen molar-refractivity contribution < 1.29 is 24.5 Å². The molecule has 0 atom stereocenters. The van der Waals surface area contributed by atoms with Gasteiger partial charge in [-0.2, -0.15) is 0 Å². The first-order valence-corrected chi connectivity index (χ1v) is 10.6. The van der Waals surface area contributed by atoms with E-state index in [2.05, 4.69) is 0 Å². The molecule has 6 rings (SSSR count). The lowest BCUT2D eigenvalue weighted by molar-refractivity contribution is -0.122. The summed E-state index contributed by atoms with van der Waals surface area (Å²) < 4.78 is 5.50. The number of nitrogens with zero attached hydrogens (tertiary/aromatic N) is 2. The van der Waals surface area contributed by atoms with Crippen molar-refractivity contribution >= 4 is 35.4 Å². The molecular weight excluding hydrogens is 420 g/mol. The predicted molar refractivity (Wildman–Crippen MR) is 122 cm³/mol. The van der Waals surface area contributed by atoms with E-state index in [1.54, 1.807) is 37.7 Å². The number of ether oxygens (including phenoxy) is 1. The number of hydrogen-bond donors (Lipinski definition) is 2. The molecule has 164 valence electrons. The quantitative estimate of drug-likeness (QED) is 0.766. The fourth-order valence-corrected chi connectivity index (χ4v) is 5.08. The van der Waals surface area contributed by atoms with Crippen molar-refractivity contribution in [3.05, 3.63) is 86.8 Å². The molecule has 7 nitrogen and oxygen atoms in total. The number of amides is 2. The number of methoxy groups -OCH3 is 1. The molecule has 4 heterocycles. The summed E-state index contributed by atoms with van der Waals surface area (Å²) in [5, 5.41) is 19.5. The molecule has 2 amide bonds. The van der Waals surface area contributed by atoms with Gasteiger partial charge >= 0.3 is 0 Å². The smallest absolute Gasteiger partial charge is 0.265 e. The van der Waals surface area contributed by atoms with Crippen LogP contribution in [0.3, 0.4) is 0 Å². The predicted octanol–water partition coefficient (Wildman–Crippen LogP) is 2.76. The zero-order chi connectivity index (χ0) is 23.0. The number of hydrogen-bond acceptors (Lipinski definition) is 5. The Morgan fingerprint density at radius 1 is 0.788 bits per heavy atom. The summed E-state index contributed by atoms with van der Waals surface area (Å²) in [4.78, 5) is 30.2. The maximum atomic E-state index is 13.6. The molecule has 0 unspecified atom stereocenters. The summed E-state index contributed by atoms with van der Waals surface area (Å²) in [7, 11) is 1.60. The van der Waals surface area contributed by atoms with Gasteiger partial charge in [0.15, 0.2) is 0 Å². The molecule has 0 fully saturated rings. The molecular formula is C26H20N2O5. The minimum absolute atomic E-state index is 0.212. The third-order valence-electron chi connectivity index (χ3n) is 6.67. The van der Waals surface area contributed by atoms with Gasteiger partial charge in [0.05, 0.1) is 42.9 Å². The number of benzene rings is 2. The minimum atomic E-state index is -0.273. The third-order valence-corrected chi connectivity index (χ3v) is 6.67. The first-order valence-electron chi connectivity index (χ1n) is 10.6. The van der Waals surface area contributed by atoms with Crippen LogP contribution in [0.2, 0.25) is 0 Å². The number of fused-ring (bicyclic) bond motifs is 7. The molecule has 4 aliphatic heterocycles. The van der Waals surface area contributed by atoms with Crippen molar-refractivity contribution in [1.29, 1.82) is 0 Å². The van der Waals surface area contributed by atoms with Gasteiger partial charge in [-0.15, -0.1) is 0 Å². The van der Waals surface area contributed by atoms with Crippen LogP contribution in [-0.2, 0) is 22.8 Å². The summed E-state index contributed by atoms with van der Waals surface area (Å²) in [6, 6.07) is 7.39. The van der Waals surface area contributed by atoms with Crippen LogP contribution in [0.4, 0.5) is 0 Å². The van der Waals surface area contributed by atoms with Gasteiger partial charge in [-0.25, -0.2) is 0 Å². The van der Waals surface area contributed by atoms with Gasteiger partial charge in [0.2, 0.25) is 0 Å². The van der Waals surface area contributed by atoms with Crippen molar-refractivity contribution in [3.63, 3.8) is 0 Å². The van der Waals surface area contributed by atoms with Gasteiger partial charge < -0.3 is 14.9 Å². The van der Waals surface area contributed by atoms with E-state index in [1.807, 2.05) is 25.1 Å². The molecule has 0 radical (unpaired) electrons. The average Bonchev–Trinajstić information content (AvgIpc) is 3.29. The summed E-state index contributed by atoms with van der Waals surface area (Å²) in [5.74, 6) is 0.138. The Morgan fingerprint density at radius 3 is 1.85 bits per heavy atom. The van der Waals surface area contributed by atoms with E-state index in [0.29, 0.717) is 45.0 Å². The molecule has 0 aliphatic carbocycles. The maximum Gasteiger partial charge on any atom is 0.265 e. The average molecular weight is 440 g/mol. The van der Waals surface area contributed by atoms with Crippen LogP contribution in [0.25, 0.3) is 23.5 Å². The molecule has 0 aromatic heterocycles. The van der Waals surface area contributed by atoms with E-state index in [4.69, 9.17) is 4.74 Å². The van der Waals surface area contributed by atoms with Gasteiger partial charge in [0.25, 0.3) is 11.8 Å². The van der Waals surface area contributed by atoms with Gasteiger partial charge in [0, 0.05) is 23.5 Å². The lowest BCUT2D eigenvalue weighted by Gasteiger charge is -2.27. The van der Waals surface area contributed by atoms with E-state index in [1.165, 1.54) is 9.80 Å². The van der Waals surface area contributed by atoms with E-state index in [-0.39, 0.29) is 25.0 Å². The number of rotatable bonds is 3. The van der Waals surface area contributed by atoms with Gasteiger partial charge in [-0.05, 0) is 71.2 Å². The zero-order valence-electron chi connectivity index (χ0n) is 18.0. The highest BCUT2D eigenvalue weighted by molar-refractivity contribution is 6.32. The largest absolute Gasteiger partial charge is 0.496 e. The molecule has 0 saturated heterocycles. The van der Waals surface area contributed by atoms with Crippen molar-refractivity contribution in [1.82, 2.24) is 9.80 Å². The fraction of sp³-hybridized carbons (Fsp3) is 0.154. The van der Waals surface area contributed by atoms with E-state index < -0.39 is 0 Å². The normalized spacial score (nSPS) is 17.5. The molecule has 7 heteroatoms. The van der Waals surface area contributed by atoms with Crippen molar-refractivity contribution in [2.45, 2.75) is 20.1 Å². The number of aliphatic hydroxyl groups is 2. The number of carbonyl (C=O) groups excluding carboxylic acids is 2. The molecule has 2 aromatic rings. The molecule has 2 aromatic carbocycles. The highest BCUT2D eigenvalue weighted by Gasteiger charge is 2.50. The lowest BCUT2D eigenvalue weighted by atomic mass is 9.92. The Kier molecular flexibility index (Phi) is 4.05. The summed E-state index contributed by atoms with van der Waals surface area (Å²) in [6.07, 6.45) is 7.01. The van der Waals surface area contributed by atoms with E-state index in [0.717, 1.165) is 22.3 Å². The van der Waals surface area contributed by atoms with Crippen LogP contribution in [0.5, 0.6) is 5.75 Å². The topological polar surface area (TPSA) is 90.3 Å². The van der Waals surface area contributed by atoms with Crippen LogP contribution in [0.1, 0.15) is 38.9 Å². The lowest BCUT2D eigenvalue weighted by Crippen LogP contribution is -2.27. The Hall–Kier alpha value is -3.94. The molecule has 0 saturated carbocycles. The Balaban J connectivity index is 1.65. The summed E-state index contributed by atoms with van der Waals surface area (Å²) >= 11 is 0. The van der Waals surface area contributed by atoms with Crippen LogP contribution in [0, 0.1) is 6.92 Å². The van der Waals surface area contributed by atoms with Gasteiger partial charge in [0.1, 0.15) is 5.75 Å². The first kappa shape index (κ1) is 19.7. The van der Waals surface area contributed by atoms with Crippen LogP contribution < -0.4 is 4.74 Å². The van der Waals surface area contributed by atoms with Gasteiger partial charge in [-0.1, -0.05) is 0 Å². The van der Waals surface area contributed by atoms with Crippen LogP contribution in [-0.4, -0.2) is 38.9 Å². The highest BCUT2D eigenvalue weighted by atomic mass is 16.5. The third kappa shape index (κ3) is 2.46. The Bertz CT molecular complexity index is 1430. The van der Waals surface area contributed by atoms with Gasteiger partial charge in [-0.3, -0.25) is 19.4 Å². The second-order valence-electron chi connectivity index (χ2n) is 8.36. The van der Waals surface area contributed by atoms with Crippen LogP contribution in [0.15, 0.2) is 47.8 Å². The highest BCUT2D eigenvalue weighted by Crippen LogP contribution is 2.51. The first-order chi connectivity index (χ1) is 16.0. The second kappa shape index (κ2) is 6.78. The Labute approximate surface area is 189 Å². The number of carbonyl (C=O) groups is 2. The van der Waals surface area contributed by atoms with E-state index in [9.17, 15) is 19.8 Å². The standard InChI is InChI=1S/C26H20N2O5/c1-13-7-14-3-5-28-24(19(14)10-20(13)33-2)22-21(25(28)31)23-18-9-17(12-30)16(11-29)8-15(18)4-6-27(23)26(22)32/h3-10,29-30H,11-12H2,1-2H3. The number of aryl methyl sites for hydroxylation is 1. The van der Waals surface area contributed by atoms with Crippen molar-refractivity contribution in [2.75, 3.05) is 7.11 Å². The van der Waals surface area contributed by atoms with Crippen LogP contribution >= 0.6 is 0 Å². The fourth-order valence-electron chi connectivity index (χ4n) is 5.08. The second-order valence-corrected chi connectivity index (χ2v) is 8.36. The van der Waals surface area contributed by atoms with Crippen molar-refractivity contribution in [2.24, 2.45) is 0 Å². The Morgan fingerprint density at radius 2 is 1.30 bits per heavy atom. The van der Waals surface area contributed by atoms with Crippen molar-refractivity contribution in [3.8, 4) is 5.75 Å². The summed E-state index contributed by atoms with van der Waals surface area (Å²) in [6.45, 7) is 1.48. The minimum Gasteiger partial charge on any atom is -0.496 e. The molecule has 0 spiro atoms. The number of aliphatic hydroxyl groups excluding tert-OH is 2. The molecule has 33 heavy (non-hydrogen) atoms.